The monoisotopic (exact) mass is 249 g/mol. The molecule has 1 aliphatic rings. The topological polar surface area (TPSA) is 62.4 Å². The van der Waals surface area contributed by atoms with Crippen LogP contribution >= 0.6 is 0 Å². The molecule has 100 valence electrons. The van der Waals surface area contributed by atoms with E-state index in [0.29, 0.717) is 12.5 Å². The molecule has 0 radical (unpaired) electrons. The predicted molar refractivity (Wildman–Crippen MR) is 73.5 cm³/mol. The minimum atomic E-state index is 0.0414. The van der Waals surface area contributed by atoms with Crippen LogP contribution < -0.4 is 10.6 Å². The highest BCUT2D eigenvalue weighted by molar-refractivity contribution is 5.45. The fraction of sp³-hybridized carbons (Fsp3) is 0.643. The smallest absolute Gasteiger partial charge is 0.0572 e. The summed E-state index contributed by atoms with van der Waals surface area (Å²) in [6, 6.07) is 4.18. The van der Waals surface area contributed by atoms with Gasteiger partial charge in [-0.25, -0.2) is 0 Å². The van der Waals surface area contributed by atoms with Crippen molar-refractivity contribution in [2.24, 2.45) is 11.7 Å². The maximum absolute atomic E-state index is 8.96. The maximum Gasteiger partial charge on any atom is 0.0572 e. The molecule has 0 aromatic carbocycles. The highest BCUT2D eigenvalue weighted by Crippen LogP contribution is 2.25. The van der Waals surface area contributed by atoms with Crippen molar-refractivity contribution in [3.63, 3.8) is 0 Å². The Morgan fingerprint density at radius 1 is 1.56 bits per heavy atom. The normalized spacial score (nSPS) is 21.3. The number of hydrogen-bond acceptors (Lipinski definition) is 4. The maximum atomic E-state index is 8.96. The van der Waals surface area contributed by atoms with Gasteiger partial charge in [-0.3, -0.25) is 4.98 Å². The molecule has 1 aromatic rings. The summed E-state index contributed by atoms with van der Waals surface area (Å²) in [6.07, 6.45) is 4.90. The van der Waals surface area contributed by atoms with Gasteiger partial charge < -0.3 is 15.7 Å². The third-order valence-electron chi connectivity index (χ3n) is 3.78. The second-order valence-electron chi connectivity index (χ2n) is 5.07. The molecule has 1 aliphatic heterocycles. The van der Waals surface area contributed by atoms with Crippen molar-refractivity contribution >= 4 is 5.69 Å². The zero-order valence-corrected chi connectivity index (χ0v) is 11.0. The van der Waals surface area contributed by atoms with Gasteiger partial charge in [0.05, 0.1) is 17.6 Å². The number of rotatable bonds is 5. The van der Waals surface area contributed by atoms with Gasteiger partial charge in [-0.1, -0.05) is 6.92 Å². The second-order valence-corrected chi connectivity index (χ2v) is 5.07. The van der Waals surface area contributed by atoms with E-state index in [0.717, 1.165) is 38.0 Å². The first-order chi connectivity index (χ1) is 8.74. The Morgan fingerprint density at radius 3 is 3.00 bits per heavy atom. The lowest BCUT2D eigenvalue weighted by atomic mass is 10.1. The molecule has 2 heterocycles. The molecular formula is C14H23N3O. The summed E-state index contributed by atoms with van der Waals surface area (Å²) in [5, 5.41) is 8.96. The quantitative estimate of drug-likeness (QED) is 0.833. The molecule has 0 amide bonds. The minimum Gasteiger partial charge on any atom is -0.396 e. The van der Waals surface area contributed by atoms with Gasteiger partial charge >= 0.3 is 0 Å². The van der Waals surface area contributed by atoms with Crippen LogP contribution in [0.1, 0.15) is 37.9 Å². The Hall–Kier alpha value is -1.13. The van der Waals surface area contributed by atoms with Crippen molar-refractivity contribution in [1.29, 1.82) is 0 Å². The van der Waals surface area contributed by atoms with E-state index < -0.39 is 0 Å². The number of aliphatic hydroxyl groups excluding tert-OH is 1. The molecule has 4 nitrogen and oxygen atoms in total. The average molecular weight is 249 g/mol. The van der Waals surface area contributed by atoms with Crippen molar-refractivity contribution in [3.05, 3.63) is 24.0 Å². The molecule has 0 bridgehead atoms. The summed E-state index contributed by atoms with van der Waals surface area (Å²) >= 11 is 0. The third-order valence-corrected chi connectivity index (χ3v) is 3.78. The van der Waals surface area contributed by atoms with Crippen LogP contribution in [0.15, 0.2) is 18.3 Å². The van der Waals surface area contributed by atoms with E-state index in [9.17, 15) is 0 Å². The van der Waals surface area contributed by atoms with Crippen LogP contribution in [-0.4, -0.2) is 29.8 Å². The number of anilines is 1. The standard InChI is InChI=1S/C14H23N3O/c1-2-13(15)14-4-3-12(9-16-14)17-7-5-11(10-17)6-8-18/h3-4,9,11,13,18H,2,5-8,10,15H2,1H3. The lowest BCUT2D eigenvalue weighted by Crippen LogP contribution is -2.20. The molecule has 1 fully saturated rings. The van der Waals surface area contributed by atoms with Gasteiger partial charge in [0.25, 0.3) is 0 Å². The van der Waals surface area contributed by atoms with Crippen molar-refractivity contribution in [2.45, 2.75) is 32.2 Å². The molecule has 1 saturated heterocycles. The summed E-state index contributed by atoms with van der Waals surface area (Å²) in [7, 11) is 0. The van der Waals surface area contributed by atoms with E-state index in [4.69, 9.17) is 10.8 Å². The van der Waals surface area contributed by atoms with E-state index in [1.807, 2.05) is 12.3 Å². The molecule has 0 spiro atoms. The van der Waals surface area contributed by atoms with Gasteiger partial charge in [-0.05, 0) is 37.3 Å². The summed E-state index contributed by atoms with van der Waals surface area (Å²) in [5.41, 5.74) is 8.09. The lowest BCUT2D eigenvalue weighted by Gasteiger charge is -2.19. The Kier molecular flexibility index (Phi) is 4.55. The number of nitrogens with zero attached hydrogens (tertiary/aromatic N) is 2. The van der Waals surface area contributed by atoms with Gasteiger partial charge in [-0.15, -0.1) is 0 Å². The lowest BCUT2D eigenvalue weighted by molar-refractivity contribution is 0.263. The molecule has 4 heteroatoms. The molecular weight excluding hydrogens is 226 g/mol. The van der Waals surface area contributed by atoms with Gasteiger partial charge in [-0.2, -0.15) is 0 Å². The third kappa shape index (κ3) is 3.00. The Morgan fingerprint density at radius 2 is 2.39 bits per heavy atom. The fourth-order valence-corrected chi connectivity index (χ4v) is 2.50. The Balaban J connectivity index is 1.98. The summed E-state index contributed by atoms with van der Waals surface area (Å²) < 4.78 is 0. The molecule has 0 saturated carbocycles. The summed E-state index contributed by atoms with van der Waals surface area (Å²) in [6.45, 7) is 4.45. The van der Waals surface area contributed by atoms with Gasteiger partial charge in [0.15, 0.2) is 0 Å². The first-order valence-electron chi connectivity index (χ1n) is 6.82. The van der Waals surface area contributed by atoms with E-state index in [-0.39, 0.29) is 6.04 Å². The average Bonchev–Trinajstić information content (AvgIpc) is 2.87. The molecule has 2 unspecified atom stereocenters. The van der Waals surface area contributed by atoms with Crippen LogP contribution in [-0.2, 0) is 0 Å². The van der Waals surface area contributed by atoms with Crippen molar-refractivity contribution < 1.29 is 5.11 Å². The van der Waals surface area contributed by atoms with Crippen LogP contribution in [0.3, 0.4) is 0 Å². The zero-order chi connectivity index (χ0) is 13.0. The summed E-state index contributed by atoms with van der Waals surface area (Å²) in [4.78, 5) is 6.79. The number of nitrogens with two attached hydrogens (primary N) is 1. The van der Waals surface area contributed by atoms with Gasteiger partial charge in [0, 0.05) is 25.7 Å². The van der Waals surface area contributed by atoms with Gasteiger partial charge in [0.1, 0.15) is 0 Å². The predicted octanol–water partition coefficient (Wildman–Crippen LogP) is 1.70. The second kappa shape index (κ2) is 6.16. The van der Waals surface area contributed by atoms with E-state index in [2.05, 4.69) is 22.9 Å². The van der Waals surface area contributed by atoms with Crippen LogP contribution in [0.5, 0.6) is 0 Å². The van der Waals surface area contributed by atoms with Crippen LogP contribution in [0.4, 0.5) is 5.69 Å². The number of aromatic nitrogens is 1. The molecule has 0 aliphatic carbocycles. The number of hydrogen-bond donors (Lipinski definition) is 2. The Bertz CT molecular complexity index is 366. The molecule has 3 N–H and O–H groups in total. The fourth-order valence-electron chi connectivity index (χ4n) is 2.50. The SMILES string of the molecule is CCC(N)c1ccc(N2CCC(CCO)C2)cn1. The molecule has 1 aromatic heterocycles. The van der Waals surface area contributed by atoms with Crippen LogP contribution in [0, 0.1) is 5.92 Å². The van der Waals surface area contributed by atoms with Crippen molar-refractivity contribution in [1.82, 2.24) is 4.98 Å². The van der Waals surface area contributed by atoms with Crippen molar-refractivity contribution in [3.8, 4) is 0 Å². The number of aliphatic hydroxyl groups is 1. The van der Waals surface area contributed by atoms with E-state index >= 15 is 0 Å². The van der Waals surface area contributed by atoms with Crippen LogP contribution in [0.2, 0.25) is 0 Å². The first kappa shape index (κ1) is 13.3. The number of pyridine rings is 1. The first-order valence-corrected chi connectivity index (χ1v) is 6.82. The molecule has 2 rings (SSSR count). The molecule has 18 heavy (non-hydrogen) atoms. The zero-order valence-electron chi connectivity index (χ0n) is 11.0. The largest absolute Gasteiger partial charge is 0.396 e. The molecule has 2 atom stereocenters. The highest BCUT2D eigenvalue weighted by atomic mass is 16.3. The van der Waals surface area contributed by atoms with E-state index in [1.54, 1.807) is 0 Å². The summed E-state index contributed by atoms with van der Waals surface area (Å²) in [5.74, 6) is 0.618. The minimum absolute atomic E-state index is 0.0414. The van der Waals surface area contributed by atoms with Crippen molar-refractivity contribution in [2.75, 3.05) is 24.6 Å². The van der Waals surface area contributed by atoms with E-state index in [1.165, 1.54) is 5.69 Å². The Labute approximate surface area is 109 Å². The van der Waals surface area contributed by atoms with Crippen LogP contribution in [0.25, 0.3) is 0 Å². The highest BCUT2D eigenvalue weighted by Gasteiger charge is 2.22. The van der Waals surface area contributed by atoms with Gasteiger partial charge in [0.2, 0.25) is 0 Å².